The van der Waals surface area contributed by atoms with Gasteiger partial charge in [0.1, 0.15) is 0 Å². The van der Waals surface area contributed by atoms with Crippen LogP contribution in [-0.4, -0.2) is 30.1 Å². The summed E-state index contributed by atoms with van der Waals surface area (Å²) < 4.78 is 4.98. The molecular weight excluding hydrogens is 148 g/mol. The molecule has 1 fully saturated rings. The fourth-order valence-corrected chi connectivity index (χ4v) is 1.13. The zero-order valence-corrected chi connectivity index (χ0v) is 6.08. The van der Waals surface area contributed by atoms with E-state index in [1.807, 2.05) is 0 Å². The molecule has 0 bridgehead atoms. The fraction of sp³-hybridized carbons (Fsp3) is 0.714. The van der Waals surface area contributed by atoms with Crippen LogP contribution in [0.25, 0.3) is 0 Å². The molecule has 0 radical (unpaired) electrons. The minimum Gasteiger partial charge on any atom is -0.475 e. The third-order valence-electron chi connectivity index (χ3n) is 1.80. The lowest BCUT2D eigenvalue weighted by Gasteiger charge is -2.18. The average Bonchev–Trinajstić information content (AvgIpc) is 2.05. The van der Waals surface area contributed by atoms with Gasteiger partial charge in [-0.25, -0.2) is 4.79 Å². The monoisotopic (exact) mass is 158 g/mol. The van der Waals surface area contributed by atoms with Gasteiger partial charge in [-0.15, -0.1) is 0 Å². The number of ether oxygens (including phenoxy) is 1. The van der Waals surface area contributed by atoms with Crippen LogP contribution in [0.4, 0.5) is 0 Å². The molecule has 0 aromatic carbocycles. The van der Waals surface area contributed by atoms with Crippen molar-refractivity contribution < 1.29 is 19.4 Å². The Balaban J connectivity index is 2.45. The molecule has 0 aromatic heterocycles. The highest BCUT2D eigenvalue weighted by molar-refractivity contribution is 6.33. The lowest BCUT2D eigenvalue weighted by Crippen LogP contribution is -2.28. The first-order chi connectivity index (χ1) is 5.22. The van der Waals surface area contributed by atoms with Gasteiger partial charge in [0.05, 0.1) is 0 Å². The molecule has 1 heterocycles. The maximum atomic E-state index is 10.8. The van der Waals surface area contributed by atoms with Crippen LogP contribution in [0.15, 0.2) is 0 Å². The van der Waals surface area contributed by atoms with E-state index in [0.717, 1.165) is 0 Å². The number of carbonyl (C=O) groups excluding carboxylic acids is 1. The van der Waals surface area contributed by atoms with Crippen LogP contribution in [-0.2, 0) is 14.3 Å². The van der Waals surface area contributed by atoms with Gasteiger partial charge in [-0.3, -0.25) is 4.79 Å². The number of ketones is 1. The lowest BCUT2D eigenvalue weighted by molar-refractivity contribution is -0.152. The molecule has 0 saturated carbocycles. The van der Waals surface area contributed by atoms with E-state index in [-0.39, 0.29) is 5.92 Å². The number of hydrogen-bond donors (Lipinski definition) is 1. The standard InChI is InChI=1S/C7H10O4/c8-6(7(9)10)5-1-3-11-4-2-5/h5H,1-4H2,(H,9,10). The molecule has 1 N–H and O–H groups in total. The first-order valence-corrected chi connectivity index (χ1v) is 3.56. The molecule has 1 aliphatic heterocycles. The van der Waals surface area contributed by atoms with Crippen LogP contribution in [0.1, 0.15) is 12.8 Å². The maximum absolute atomic E-state index is 10.8. The van der Waals surface area contributed by atoms with Crippen molar-refractivity contribution in [1.29, 1.82) is 0 Å². The van der Waals surface area contributed by atoms with E-state index in [4.69, 9.17) is 9.84 Å². The Morgan fingerprint density at radius 2 is 1.82 bits per heavy atom. The molecule has 1 saturated heterocycles. The van der Waals surface area contributed by atoms with E-state index in [1.54, 1.807) is 0 Å². The van der Waals surface area contributed by atoms with Gasteiger partial charge in [-0.2, -0.15) is 0 Å². The van der Waals surface area contributed by atoms with E-state index in [9.17, 15) is 9.59 Å². The average molecular weight is 158 g/mol. The van der Waals surface area contributed by atoms with Crippen LogP contribution in [0.5, 0.6) is 0 Å². The zero-order chi connectivity index (χ0) is 8.27. The third-order valence-corrected chi connectivity index (χ3v) is 1.80. The topological polar surface area (TPSA) is 63.6 Å². The Morgan fingerprint density at radius 3 is 2.27 bits per heavy atom. The molecule has 1 rings (SSSR count). The molecular formula is C7H10O4. The highest BCUT2D eigenvalue weighted by Gasteiger charge is 2.26. The highest BCUT2D eigenvalue weighted by atomic mass is 16.5. The first kappa shape index (κ1) is 8.20. The molecule has 1 aliphatic rings. The minimum atomic E-state index is -1.32. The molecule has 0 atom stereocenters. The van der Waals surface area contributed by atoms with E-state index in [1.165, 1.54) is 0 Å². The first-order valence-electron chi connectivity index (χ1n) is 3.56. The number of carboxylic acid groups (broad SMARTS) is 1. The summed E-state index contributed by atoms with van der Waals surface area (Å²) in [5, 5.41) is 8.34. The molecule has 0 amide bonds. The number of carboxylic acids is 1. The number of hydrogen-bond acceptors (Lipinski definition) is 3. The predicted molar refractivity (Wildman–Crippen MR) is 36.2 cm³/mol. The SMILES string of the molecule is O=C(O)C(=O)C1CCOCC1. The van der Waals surface area contributed by atoms with Crippen molar-refractivity contribution in [2.75, 3.05) is 13.2 Å². The van der Waals surface area contributed by atoms with Gasteiger partial charge in [-0.1, -0.05) is 0 Å². The normalized spacial score (nSPS) is 19.6. The summed E-state index contributed by atoms with van der Waals surface area (Å²) in [7, 11) is 0. The van der Waals surface area contributed by atoms with Crippen LogP contribution >= 0.6 is 0 Å². The Kier molecular flexibility index (Phi) is 2.59. The van der Waals surface area contributed by atoms with Crippen LogP contribution in [0, 0.1) is 5.92 Å². The second-order valence-corrected chi connectivity index (χ2v) is 2.56. The third kappa shape index (κ3) is 2.01. The summed E-state index contributed by atoms with van der Waals surface area (Å²) in [6.45, 7) is 1.01. The van der Waals surface area contributed by atoms with Gasteiger partial charge in [0.25, 0.3) is 0 Å². The van der Waals surface area contributed by atoms with Gasteiger partial charge in [-0.05, 0) is 12.8 Å². The smallest absolute Gasteiger partial charge is 0.372 e. The van der Waals surface area contributed by atoms with Crippen molar-refractivity contribution in [3.8, 4) is 0 Å². The van der Waals surface area contributed by atoms with Crippen LogP contribution in [0.2, 0.25) is 0 Å². The number of carbonyl (C=O) groups is 2. The Labute approximate surface area is 64.2 Å². The van der Waals surface area contributed by atoms with E-state index < -0.39 is 11.8 Å². The molecule has 11 heavy (non-hydrogen) atoms. The summed E-state index contributed by atoms with van der Waals surface area (Å²) in [5.74, 6) is -2.31. The second kappa shape index (κ2) is 3.48. The highest BCUT2D eigenvalue weighted by Crippen LogP contribution is 2.15. The number of aliphatic carboxylic acids is 1. The number of rotatable bonds is 2. The van der Waals surface area contributed by atoms with Crippen molar-refractivity contribution in [2.24, 2.45) is 5.92 Å². The van der Waals surface area contributed by atoms with Gasteiger partial charge in [0.15, 0.2) is 0 Å². The van der Waals surface area contributed by atoms with Crippen molar-refractivity contribution >= 4 is 11.8 Å². The Bertz CT molecular complexity index is 169. The Morgan fingerprint density at radius 1 is 1.27 bits per heavy atom. The van der Waals surface area contributed by atoms with E-state index in [2.05, 4.69) is 0 Å². The minimum absolute atomic E-state index is 0.318. The summed E-state index contributed by atoms with van der Waals surface area (Å²) in [5.41, 5.74) is 0. The van der Waals surface area contributed by atoms with Crippen LogP contribution in [0.3, 0.4) is 0 Å². The second-order valence-electron chi connectivity index (χ2n) is 2.56. The van der Waals surface area contributed by atoms with Gasteiger partial charge in [0, 0.05) is 19.1 Å². The molecule has 0 aliphatic carbocycles. The van der Waals surface area contributed by atoms with Crippen molar-refractivity contribution in [3.05, 3.63) is 0 Å². The molecule has 0 aromatic rings. The van der Waals surface area contributed by atoms with Crippen LogP contribution < -0.4 is 0 Å². The van der Waals surface area contributed by atoms with E-state index in [0.29, 0.717) is 26.1 Å². The summed E-state index contributed by atoms with van der Waals surface area (Å²) >= 11 is 0. The quantitative estimate of drug-likeness (QED) is 0.577. The Hall–Kier alpha value is -0.900. The maximum Gasteiger partial charge on any atom is 0.372 e. The number of Topliss-reactive ketones (excluding diaryl/α,β-unsaturated/α-hetero) is 1. The fourth-order valence-electron chi connectivity index (χ4n) is 1.13. The van der Waals surface area contributed by atoms with E-state index >= 15 is 0 Å². The summed E-state index contributed by atoms with van der Waals surface area (Å²) in [6.07, 6.45) is 1.09. The predicted octanol–water partition coefficient (Wildman–Crippen LogP) is 0.0667. The zero-order valence-electron chi connectivity index (χ0n) is 6.08. The van der Waals surface area contributed by atoms with Gasteiger partial charge < -0.3 is 9.84 Å². The molecule has 4 heteroatoms. The summed E-state index contributed by atoms with van der Waals surface area (Å²) in [4.78, 5) is 21.1. The van der Waals surface area contributed by atoms with Crippen molar-refractivity contribution in [3.63, 3.8) is 0 Å². The molecule has 62 valence electrons. The largest absolute Gasteiger partial charge is 0.475 e. The molecule has 4 nitrogen and oxygen atoms in total. The molecule has 0 unspecified atom stereocenters. The molecule has 0 spiro atoms. The lowest BCUT2D eigenvalue weighted by atomic mass is 9.96. The van der Waals surface area contributed by atoms with Crippen molar-refractivity contribution in [1.82, 2.24) is 0 Å². The van der Waals surface area contributed by atoms with Gasteiger partial charge >= 0.3 is 5.97 Å². The summed E-state index contributed by atoms with van der Waals surface area (Å²) in [6, 6.07) is 0. The van der Waals surface area contributed by atoms with Crippen molar-refractivity contribution in [2.45, 2.75) is 12.8 Å². The van der Waals surface area contributed by atoms with Gasteiger partial charge in [0.2, 0.25) is 5.78 Å².